The number of rotatable bonds is 3. The molecule has 2 unspecified atom stereocenters. The summed E-state index contributed by atoms with van der Waals surface area (Å²) in [6, 6.07) is 6.72. The van der Waals surface area contributed by atoms with Gasteiger partial charge in [-0.1, -0.05) is 36.7 Å². The number of halogens is 1. The summed E-state index contributed by atoms with van der Waals surface area (Å²) < 4.78 is 0. The van der Waals surface area contributed by atoms with E-state index in [-0.39, 0.29) is 17.9 Å². The maximum absolute atomic E-state index is 12.8. The van der Waals surface area contributed by atoms with E-state index in [0.29, 0.717) is 11.4 Å². The maximum atomic E-state index is 12.8. The summed E-state index contributed by atoms with van der Waals surface area (Å²) in [6.45, 7) is 7.27. The van der Waals surface area contributed by atoms with Crippen molar-refractivity contribution in [2.45, 2.75) is 51.7 Å². The minimum atomic E-state index is -0.891. The van der Waals surface area contributed by atoms with E-state index >= 15 is 0 Å². The van der Waals surface area contributed by atoms with E-state index in [4.69, 9.17) is 11.6 Å². The van der Waals surface area contributed by atoms with Crippen molar-refractivity contribution in [2.75, 3.05) is 0 Å². The zero-order valence-corrected chi connectivity index (χ0v) is 13.6. The molecular formula is C16H21ClN2O2. The fraction of sp³-hybridized carbons (Fsp3) is 0.500. The number of amides is 2. The van der Waals surface area contributed by atoms with Gasteiger partial charge in [-0.15, -0.1) is 0 Å². The molecule has 0 aliphatic carbocycles. The molecule has 0 radical (unpaired) electrons. The van der Waals surface area contributed by atoms with Gasteiger partial charge in [0, 0.05) is 5.02 Å². The van der Waals surface area contributed by atoms with Gasteiger partial charge in [0.25, 0.3) is 0 Å². The number of hydrogen-bond donors (Lipinski definition) is 1. The molecule has 21 heavy (non-hydrogen) atoms. The number of benzene rings is 1. The first-order valence-electron chi connectivity index (χ1n) is 7.18. The summed E-state index contributed by atoms with van der Waals surface area (Å²) in [6.07, 6.45) is 0.572. The highest BCUT2D eigenvalue weighted by molar-refractivity contribution is 6.31. The summed E-state index contributed by atoms with van der Waals surface area (Å²) in [5.41, 5.74) is -0.0328. The molecule has 4 nitrogen and oxygen atoms in total. The molecule has 2 rings (SSSR count). The lowest BCUT2D eigenvalue weighted by Gasteiger charge is -2.45. The summed E-state index contributed by atoms with van der Waals surface area (Å²) in [7, 11) is 0. The zero-order chi connectivity index (χ0) is 15.8. The van der Waals surface area contributed by atoms with Gasteiger partial charge in [0.05, 0.1) is 6.04 Å². The Morgan fingerprint density at radius 1 is 1.33 bits per heavy atom. The molecule has 0 bridgehead atoms. The molecule has 0 saturated carbocycles. The van der Waals surface area contributed by atoms with Crippen LogP contribution < -0.4 is 5.32 Å². The number of carbonyl (C=O) groups excluding carboxylic acids is 2. The third kappa shape index (κ3) is 2.77. The van der Waals surface area contributed by atoms with E-state index in [1.165, 1.54) is 0 Å². The number of carbonyl (C=O) groups is 2. The predicted octanol–water partition coefficient (Wildman–Crippen LogP) is 2.92. The monoisotopic (exact) mass is 308 g/mol. The third-order valence-electron chi connectivity index (χ3n) is 4.00. The third-order valence-corrected chi connectivity index (χ3v) is 4.35. The lowest BCUT2D eigenvalue weighted by atomic mass is 9.92. The predicted molar refractivity (Wildman–Crippen MR) is 83.0 cm³/mol. The Kier molecular flexibility index (Phi) is 4.28. The van der Waals surface area contributed by atoms with E-state index in [1.807, 2.05) is 32.0 Å². The molecule has 2 atom stereocenters. The molecule has 1 fully saturated rings. The highest BCUT2D eigenvalue weighted by Gasteiger charge is 2.46. The Balaban J connectivity index is 2.44. The second-order valence-corrected chi connectivity index (χ2v) is 6.36. The SMILES string of the molecule is CCC1C(=O)NC(C)(C)C(=O)N1C(C)c1ccccc1Cl. The Morgan fingerprint density at radius 2 is 1.95 bits per heavy atom. The van der Waals surface area contributed by atoms with Crippen molar-refractivity contribution in [1.82, 2.24) is 10.2 Å². The molecule has 114 valence electrons. The van der Waals surface area contributed by atoms with Gasteiger partial charge in [-0.05, 0) is 38.8 Å². The lowest BCUT2D eigenvalue weighted by molar-refractivity contribution is -0.156. The first-order chi connectivity index (χ1) is 9.79. The molecular weight excluding hydrogens is 288 g/mol. The van der Waals surface area contributed by atoms with Crippen molar-refractivity contribution in [3.05, 3.63) is 34.9 Å². The van der Waals surface area contributed by atoms with Crippen molar-refractivity contribution in [3.8, 4) is 0 Å². The van der Waals surface area contributed by atoms with E-state index < -0.39 is 11.6 Å². The maximum Gasteiger partial charge on any atom is 0.248 e. The molecule has 0 spiro atoms. The fourth-order valence-electron chi connectivity index (χ4n) is 2.83. The van der Waals surface area contributed by atoms with Gasteiger partial charge in [0.15, 0.2) is 0 Å². The smallest absolute Gasteiger partial charge is 0.248 e. The second-order valence-electron chi connectivity index (χ2n) is 5.95. The van der Waals surface area contributed by atoms with Gasteiger partial charge in [-0.3, -0.25) is 9.59 Å². The van der Waals surface area contributed by atoms with E-state index in [9.17, 15) is 9.59 Å². The van der Waals surface area contributed by atoms with Gasteiger partial charge < -0.3 is 10.2 Å². The first-order valence-corrected chi connectivity index (χ1v) is 7.56. The van der Waals surface area contributed by atoms with Crippen LogP contribution in [-0.4, -0.2) is 28.3 Å². The first kappa shape index (κ1) is 15.8. The zero-order valence-electron chi connectivity index (χ0n) is 12.8. The molecule has 0 aromatic heterocycles. The Bertz CT molecular complexity index is 571. The number of hydrogen-bond acceptors (Lipinski definition) is 2. The second kappa shape index (κ2) is 5.68. The number of nitrogens with one attached hydrogen (secondary N) is 1. The van der Waals surface area contributed by atoms with Crippen LogP contribution in [0.15, 0.2) is 24.3 Å². The fourth-order valence-corrected chi connectivity index (χ4v) is 3.12. The van der Waals surface area contributed by atoms with Crippen LogP contribution >= 0.6 is 11.6 Å². The molecule has 2 amide bonds. The van der Waals surface area contributed by atoms with Crippen LogP contribution in [0.3, 0.4) is 0 Å². The van der Waals surface area contributed by atoms with Crippen LogP contribution in [0.1, 0.15) is 45.7 Å². The van der Waals surface area contributed by atoms with Crippen LogP contribution in [0.2, 0.25) is 5.02 Å². The number of piperazine rings is 1. The Labute approximate surface area is 130 Å². The van der Waals surface area contributed by atoms with E-state index in [1.54, 1.807) is 24.8 Å². The van der Waals surface area contributed by atoms with Crippen LogP contribution in [0.5, 0.6) is 0 Å². The average Bonchev–Trinajstić information content (AvgIpc) is 2.42. The minimum absolute atomic E-state index is 0.0821. The normalized spacial score (nSPS) is 22.9. The Hall–Kier alpha value is -1.55. The van der Waals surface area contributed by atoms with Gasteiger partial charge in [0.2, 0.25) is 11.8 Å². The van der Waals surface area contributed by atoms with Crippen LogP contribution in [0.25, 0.3) is 0 Å². The quantitative estimate of drug-likeness (QED) is 0.933. The van der Waals surface area contributed by atoms with Crippen molar-refractivity contribution < 1.29 is 9.59 Å². The minimum Gasteiger partial charge on any atom is -0.340 e. The van der Waals surface area contributed by atoms with E-state index in [0.717, 1.165) is 5.56 Å². The van der Waals surface area contributed by atoms with Gasteiger partial charge in [-0.25, -0.2) is 0 Å². The molecule has 5 heteroatoms. The average molecular weight is 309 g/mol. The molecule has 1 aliphatic heterocycles. The molecule has 1 aliphatic rings. The summed E-state index contributed by atoms with van der Waals surface area (Å²) >= 11 is 6.25. The van der Waals surface area contributed by atoms with Crippen LogP contribution in [0, 0.1) is 0 Å². The van der Waals surface area contributed by atoms with Crippen molar-refractivity contribution in [3.63, 3.8) is 0 Å². The van der Waals surface area contributed by atoms with Crippen molar-refractivity contribution >= 4 is 23.4 Å². The molecule has 1 saturated heterocycles. The molecule has 1 aromatic carbocycles. The van der Waals surface area contributed by atoms with Crippen LogP contribution in [0.4, 0.5) is 0 Å². The summed E-state index contributed by atoms with van der Waals surface area (Å²) in [5, 5.41) is 3.40. The highest BCUT2D eigenvalue weighted by atomic mass is 35.5. The molecule has 1 N–H and O–H groups in total. The van der Waals surface area contributed by atoms with Gasteiger partial charge in [-0.2, -0.15) is 0 Å². The Morgan fingerprint density at radius 3 is 2.52 bits per heavy atom. The van der Waals surface area contributed by atoms with Gasteiger partial charge >= 0.3 is 0 Å². The van der Waals surface area contributed by atoms with Crippen LogP contribution in [-0.2, 0) is 9.59 Å². The topological polar surface area (TPSA) is 49.4 Å². The standard InChI is InChI=1S/C16H21ClN2O2/c1-5-13-14(20)18-16(3,4)15(21)19(13)10(2)11-8-6-7-9-12(11)17/h6-10,13H,5H2,1-4H3,(H,18,20). The van der Waals surface area contributed by atoms with E-state index in [2.05, 4.69) is 5.32 Å². The summed E-state index contributed by atoms with van der Waals surface area (Å²) in [5.74, 6) is -0.192. The molecule has 1 aromatic rings. The lowest BCUT2D eigenvalue weighted by Crippen LogP contribution is -2.68. The summed E-state index contributed by atoms with van der Waals surface area (Å²) in [4.78, 5) is 26.7. The largest absolute Gasteiger partial charge is 0.340 e. The van der Waals surface area contributed by atoms with Gasteiger partial charge in [0.1, 0.15) is 11.6 Å². The highest BCUT2D eigenvalue weighted by Crippen LogP contribution is 2.33. The molecule has 1 heterocycles. The van der Waals surface area contributed by atoms with Crippen molar-refractivity contribution in [2.24, 2.45) is 0 Å². The number of nitrogens with zero attached hydrogens (tertiary/aromatic N) is 1. The van der Waals surface area contributed by atoms with Crippen molar-refractivity contribution in [1.29, 1.82) is 0 Å².